The third-order valence-electron chi connectivity index (χ3n) is 4.75. The summed E-state index contributed by atoms with van der Waals surface area (Å²) < 4.78 is 17.0. The van der Waals surface area contributed by atoms with E-state index in [1.165, 1.54) is 6.26 Å². The molecule has 0 bridgehead atoms. The first-order chi connectivity index (χ1) is 10.6. The molecule has 2 atom stereocenters. The molecule has 2 unspecified atom stereocenters. The van der Waals surface area contributed by atoms with E-state index in [9.17, 15) is 4.79 Å². The molecule has 2 fully saturated rings. The first-order valence-electron chi connectivity index (χ1n) is 8.15. The van der Waals surface area contributed by atoms with Crippen LogP contribution in [0.4, 0.5) is 0 Å². The van der Waals surface area contributed by atoms with Gasteiger partial charge in [-0.1, -0.05) is 0 Å². The Balaban J connectivity index is 1.75. The number of nitrogens with zero attached hydrogens (tertiary/aromatic N) is 1. The lowest BCUT2D eigenvalue weighted by Crippen LogP contribution is -2.58. The zero-order chi connectivity index (χ0) is 15.6. The Morgan fingerprint density at radius 1 is 1.55 bits per heavy atom. The fourth-order valence-corrected chi connectivity index (χ4v) is 3.58. The molecule has 0 radical (unpaired) electrons. The number of amides is 1. The highest BCUT2D eigenvalue weighted by atomic mass is 16.5. The standard InChI is InChI=1S/C17H25NO4/c1-13(2)22-12-17-6-3-8-21-15(17)4-7-18(11-17)16(19)14-5-9-20-10-14/h5,9-10,13,15H,3-4,6-8,11-12H2,1-2H3. The molecule has 2 saturated heterocycles. The lowest BCUT2D eigenvalue weighted by atomic mass is 9.73. The summed E-state index contributed by atoms with van der Waals surface area (Å²) in [6, 6.07) is 1.73. The fraction of sp³-hybridized carbons (Fsp3) is 0.706. The minimum Gasteiger partial charge on any atom is -0.472 e. The van der Waals surface area contributed by atoms with E-state index in [-0.39, 0.29) is 23.5 Å². The lowest BCUT2D eigenvalue weighted by molar-refractivity contribution is -0.152. The van der Waals surface area contributed by atoms with Gasteiger partial charge in [-0.2, -0.15) is 0 Å². The molecule has 1 amide bonds. The lowest BCUT2D eigenvalue weighted by Gasteiger charge is -2.50. The topological polar surface area (TPSA) is 51.9 Å². The fourth-order valence-electron chi connectivity index (χ4n) is 3.58. The average Bonchev–Trinajstić information content (AvgIpc) is 3.06. The Kier molecular flexibility index (Phi) is 4.54. The van der Waals surface area contributed by atoms with Crippen LogP contribution in [0, 0.1) is 5.41 Å². The maximum atomic E-state index is 12.6. The summed E-state index contributed by atoms with van der Waals surface area (Å²) in [6.45, 7) is 7.01. The molecular formula is C17H25NO4. The van der Waals surface area contributed by atoms with Gasteiger partial charge in [0.05, 0.1) is 30.6 Å². The SMILES string of the molecule is CC(C)OCC12CCCOC1CCN(C(=O)c1ccoc1)C2. The van der Waals surface area contributed by atoms with Crippen molar-refractivity contribution in [3.8, 4) is 0 Å². The van der Waals surface area contributed by atoms with Gasteiger partial charge >= 0.3 is 0 Å². The van der Waals surface area contributed by atoms with Gasteiger partial charge in [-0.3, -0.25) is 4.79 Å². The highest BCUT2D eigenvalue weighted by Gasteiger charge is 2.47. The number of rotatable bonds is 4. The van der Waals surface area contributed by atoms with Gasteiger partial charge in [0.1, 0.15) is 6.26 Å². The Morgan fingerprint density at radius 2 is 2.41 bits per heavy atom. The van der Waals surface area contributed by atoms with Crippen LogP contribution in [0.1, 0.15) is 43.5 Å². The molecule has 22 heavy (non-hydrogen) atoms. The monoisotopic (exact) mass is 307 g/mol. The third kappa shape index (κ3) is 3.06. The van der Waals surface area contributed by atoms with Gasteiger partial charge in [0, 0.05) is 25.1 Å². The molecule has 3 heterocycles. The normalized spacial score (nSPS) is 28.7. The second kappa shape index (κ2) is 6.42. The summed E-state index contributed by atoms with van der Waals surface area (Å²) in [6.07, 6.45) is 6.42. The Labute approximate surface area is 131 Å². The van der Waals surface area contributed by atoms with Crippen molar-refractivity contribution in [3.05, 3.63) is 24.2 Å². The number of carbonyl (C=O) groups excluding carboxylic acids is 1. The van der Waals surface area contributed by atoms with Crippen molar-refractivity contribution in [2.75, 3.05) is 26.3 Å². The Morgan fingerprint density at radius 3 is 3.14 bits per heavy atom. The van der Waals surface area contributed by atoms with Crippen LogP contribution >= 0.6 is 0 Å². The summed E-state index contributed by atoms with van der Waals surface area (Å²) >= 11 is 0. The van der Waals surface area contributed by atoms with Crippen LogP contribution in [0.2, 0.25) is 0 Å². The van der Waals surface area contributed by atoms with Crippen LogP contribution in [0.3, 0.4) is 0 Å². The van der Waals surface area contributed by atoms with Crippen molar-refractivity contribution < 1.29 is 18.7 Å². The van der Waals surface area contributed by atoms with Crippen LogP contribution in [-0.2, 0) is 9.47 Å². The van der Waals surface area contributed by atoms with Gasteiger partial charge in [-0.15, -0.1) is 0 Å². The second-order valence-corrected chi connectivity index (χ2v) is 6.71. The first-order valence-corrected chi connectivity index (χ1v) is 8.15. The van der Waals surface area contributed by atoms with Gasteiger partial charge in [0.15, 0.2) is 0 Å². The van der Waals surface area contributed by atoms with Crippen molar-refractivity contribution in [2.45, 2.75) is 45.3 Å². The van der Waals surface area contributed by atoms with Gasteiger partial charge in [-0.25, -0.2) is 0 Å². The van der Waals surface area contributed by atoms with E-state index in [1.807, 2.05) is 18.7 Å². The molecule has 122 valence electrons. The largest absolute Gasteiger partial charge is 0.472 e. The van der Waals surface area contributed by atoms with E-state index in [2.05, 4.69) is 0 Å². The minimum atomic E-state index is -0.0693. The van der Waals surface area contributed by atoms with E-state index in [4.69, 9.17) is 13.9 Å². The molecular weight excluding hydrogens is 282 g/mol. The first kappa shape index (κ1) is 15.6. The Bertz CT molecular complexity index is 499. The van der Waals surface area contributed by atoms with E-state index in [0.29, 0.717) is 18.7 Å². The molecule has 0 spiro atoms. The van der Waals surface area contributed by atoms with Crippen molar-refractivity contribution >= 4 is 5.91 Å². The minimum absolute atomic E-state index is 0.0432. The van der Waals surface area contributed by atoms with Crippen LogP contribution in [-0.4, -0.2) is 49.3 Å². The smallest absolute Gasteiger partial charge is 0.257 e. The molecule has 5 nitrogen and oxygen atoms in total. The molecule has 0 saturated carbocycles. The predicted octanol–water partition coefficient (Wildman–Crippen LogP) is 2.72. The van der Waals surface area contributed by atoms with E-state index in [0.717, 1.165) is 32.4 Å². The molecule has 5 heteroatoms. The quantitative estimate of drug-likeness (QED) is 0.858. The van der Waals surface area contributed by atoms with E-state index in [1.54, 1.807) is 12.3 Å². The number of furan rings is 1. The molecule has 0 N–H and O–H groups in total. The molecule has 0 aromatic carbocycles. The molecule has 1 aromatic heterocycles. The van der Waals surface area contributed by atoms with Crippen LogP contribution < -0.4 is 0 Å². The van der Waals surface area contributed by atoms with Crippen molar-refractivity contribution in [2.24, 2.45) is 5.41 Å². The maximum Gasteiger partial charge on any atom is 0.257 e. The number of carbonyl (C=O) groups is 1. The second-order valence-electron chi connectivity index (χ2n) is 6.71. The van der Waals surface area contributed by atoms with E-state index >= 15 is 0 Å². The van der Waals surface area contributed by atoms with Crippen molar-refractivity contribution in [3.63, 3.8) is 0 Å². The number of hydrogen-bond acceptors (Lipinski definition) is 4. The molecule has 3 rings (SSSR count). The van der Waals surface area contributed by atoms with Crippen LogP contribution in [0.25, 0.3) is 0 Å². The zero-order valence-corrected chi connectivity index (χ0v) is 13.4. The molecule has 0 aliphatic carbocycles. The number of likely N-dealkylation sites (tertiary alicyclic amines) is 1. The number of piperidine rings is 1. The third-order valence-corrected chi connectivity index (χ3v) is 4.75. The van der Waals surface area contributed by atoms with Gasteiger partial charge in [0.25, 0.3) is 5.91 Å². The van der Waals surface area contributed by atoms with E-state index < -0.39 is 0 Å². The van der Waals surface area contributed by atoms with Crippen LogP contribution in [0.5, 0.6) is 0 Å². The van der Waals surface area contributed by atoms with Gasteiger partial charge in [0.2, 0.25) is 0 Å². The van der Waals surface area contributed by atoms with Gasteiger partial charge in [-0.05, 0) is 39.2 Å². The summed E-state index contributed by atoms with van der Waals surface area (Å²) in [5.41, 5.74) is 0.551. The summed E-state index contributed by atoms with van der Waals surface area (Å²) in [5.74, 6) is 0.0432. The zero-order valence-electron chi connectivity index (χ0n) is 13.4. The van der Waals surface area contributed by atoms with Crippen molar-refractivity contribution in [1.82, 2.24) is 4.90 Å². The maximum absolute atomic E-state index is 12.6. The Hall–Kier alpha value is -1.33. The average molecular weight is 307 g/mol. The molecule has 2 aliphatic heterocycles. The van der Waals surface area contributed by atoms with Gasteiger partial charge < -0.3 is 18.8 Å². The highest BCUT2D eigenvalue weighted by molar-refractivity contribution is 5.93. The predicted molar refractivity (Wildman–Crippen MR) is 81.7 cm³/mol. The van der Waals surface area contributed by atoms with Crippen molar-refractivity contribution in [1.29, 1.82) is 0 Å². The number of hydrogen-bond donors (Lipinski definition) is 0. The number of fused-ring (bicyclic) bond motifs is 1. The molecule has 2 aliphatic rings. The molecule has 1 aromatic rings. The summed E-state index contributed by atoms with van der Waals surface area (Å²) in [5, 5.41) is 0. The summed E-state index contributed by atoms with van der Waals surface area (Å²) in [7, 11) is 0. The number of ether oxygens (including phenoxy) is 2. The highest BCUT2D eigenvalue weighted by Crippen LogP contribution is 2.41. The van der Waals surface area contributed by atoms with Crippen LogP contribution in [0.15, 0.2) is 23.0 Å². The summed E-state index contributed by atoms with van der Waals surface area (Å²) in [4.78, 5) is 14.5.